The highest BCUT2D eigenvalue weighted by molar-refractivity contribution is 7.18. The van der Waals surface area contributed by atoms with Crippen LogP contribution in [0.5, 0.6) is 5.75 Å². The number of anilines is 1. The second kappa shape index (κ2) is 7.67. The fourth-order valence-electron chi connectivity index (χ4n) is 2.73. The average molecular weight is 359 g/mol. The van der Waals surface area contributed by atoms with Gasteiger partial charge >= 0.3 is 0 Å². The zero-order valence-electron chi connectivity index (χ0n) is 14.2. The summed E-state index contributed by atoms with van der Waals surface area (Å²) in [6.07, 6.45) is 0. The second-order valence-electron chi connectivity index (χ2n) is 5.90. The molecule has 1 fully saturated rings. The predicted molar refractivity (Wildman–Crippen MR) is 98.6 cm³/mol. The zero-order valence-corrected chi connectivity index (χ0v) is 15.1. The van der Waals surface area contributed by atoms with Gasteiger partial charge in [-0.05, 0) is 43.3 Å². The number of piperazine rings is 1. The molecular formula is C18H21N3O3S. The molecule has 1 aliphatic heterocycles. The Morgan fingerprint density at radius 2 is 2.00 bits per heavy atom. The van der Waals surface area contributed by atoms with Gasteiger partial charge in [0.05, 0.1) is 17.0 Å². The third kappa shape index (κ3) is 4.00. The molecule has 2 amide bonds. The van der Waals surface area contributed by atoms with E-state index in [4.69, 9.17) is 4.74 Å². The van der Waals surface area contributed by atoms with Gasteiger partial charge in [0.25, 0.3) is 11.8 Å². The molecule has 1 aromatic heterocycles. The second-order valence-corrected chi connectivity index (χ2v) is 6.98. The summed E-state index contributed by atoms with van der Waals surface area (Å²) in [5.74, 6) is 0.508. The number of carbonyl (C=O) groups excluding carboxylic acids is 2. The quantitative estimate of drug-likeness (QED) is 0.880. The van der Waals surface area contributed by atoms with E-state index >= 15 is 0 Å². The summed E-state index contributed by atoms with van der Waals surface area (Å²) in [5, 5.41) is 6.77. The van der Waals surface area contributed by atoms with Gasteiger partial charge in [-0.3, -0.25) is 9.59 Å². The minimum Gasteiger partial charge on any atom is -0.497 e. The number of carbonyl (C=O) groups is 2. The number of thiophene rings is 1. The van der Waals surface area contributed by atoms with Crippen LogP contribution >= 0.6 is 11.3 Å². The molecule has 3 rings (SSSR count). The maximum absolute atomic E-state index is 12.6. The van der Waals surface area contributed by atoms with Crippen molar-refractivity contribution in [2.45, 2.75) is 13.0 Å². The number of methoxy groups -OCH3 is 1. The number of hydrogen-bond acceptors (Lipinski definition) is 5. The lowest BCUT2D eigenvalue weighted by atomic mass is 10.2. The van der Waals surface area contributed by atoms with Crippen LogP contribution in [-0.4, -0.2) is 49.5 Å². The number of nitrogens with zero attached hydrogens (tertiary/aromatic N) is 1. The van der Waals surface area contributed by atoms with Crippen LogP contribution in [0.2, 0.25) is 0 Å². The first-order valence-corrected chi connectivity index (χ1v) is 8.97. The van der Waals surface area contributed by atoms with Gasteiger partial charge in [-0.15, -0.1) is 11.3 Å². The summed E-state index contributed by atoms with van der Waals surface area (Å²) in [6.45, 7) is 4.34. The van der Waals surface area contributed by atoms with Crippen LogP contribution in [0.4, 0.5) is 5.00 Å². The molecule has 1 aromatic carbocycles. The first kappa shape index (κ1) is 17.4. The SMILES string of the molecule is COc1ccc(C(=O)Nc2ccc(C(=O)N3CCNC[C@@H]3C)s2)cc1. The summed E-state index contributed by atoms with van der Waals surface area (Å²) in [6, 6.07) is 10.6. The molecule has 0 unspecified atom stereocenters. The summed E-state index contributed by atoms with van der Waals surface area (Å²) in [7, 11) is 1.58. The summed E-state index contributed by atoms with van der Waals surface area (Å²) in [4.78, 5) is 27.4. The first-order chi connectivity index (χ1) is 12.1. The van der Waals surface area contributed by atoms with Crippen molar-refractivity contribution in [1.82, 2.24) is 10.2 Å². The standard InChI is InChI=1S/C18H21N3O3S/c1-12-11-19-9-10-21(12)18(23)15-7-8-16(25-15)20-17(22)13-3-5-14(24-2)6-4-13/h3-8,12,19H,9-11H2,1-2H3,(H,20,22)/t12-/m0/s1. The van der Waals surface area contributed by atoms with Gasteiger partial charge in [-0.25, -0.2) is 0 Å². The van der Waals surface area contributed by atoms with Gasteiger partial charge in [0, 0.05) is 31.2 Å². The Balaban J connectivity index is 1.66. The molecule has 2 N–H and O–H groups in total. The molecule has 25 heavy (non-hydrogen) atoms. The van der Waals surface area contributed by atoms with Crippen molar-refractivity contribution in [2.24, 2.45) is 0 Å². The van der Waals surface area contributed by atoms with Crippen molar-refractivity contribution >= 4 is 28.2 Å². The Kier molecular flexibility index (Phi) is 5.35. The highest BCUT2D eigenvalue weighted by Gasteiger charge is 2.25. The number of nitrogens with one attached hydrogen (secondary N) is 2. The maximum atomic E-state index is 12.6. The normalized spacial score (nSPS) is 17.2. The van der Waals surface area contributed by atoms with Crippen LogP contribution in [0.3, 0.4) is 0 Å². The molecule has 2 aromatic rings. The lowest BCUT2D eigenvalue weighted by Crippen LogP contribution is -2.52. The largest absolute Gasteiger partial charge is 0.497 e. The average Bonchev–Trinajstić information content (AvgIpc) is 3.10. The van der Waals surface area contributed by atoms with E-state index < -0.39 is 0 Å². The van der Waals surface area contributed by atoms with Crippen molar-refractivity contribution < 1.29 is 14.3 Å². The van der Waals surface area contributed by atoms with Crippen molar-refractivity contribution in [3.63, 3.8) is 0 Å². The highest BCUT2D eigenvalue weighted by Crippen LogP contribution is 2.25. The van der Waals surface area contributed by atoms with E-state index in [0.717, 1.165) is 13.1 Å². The highest BCUT2D eigenvalue weighted by atomic mass is 32.1. The Morgan fingerprint density at radius 3 is 2.68 bits per heavy atom. The summed E-state index contributed by atoms with van der Waals surface area (Å²) < 4.78 is 5.09. The number of amides is 2. The lowest BCUT2D eigenvalue weighted by Gasteiger charge is -2.33. The van der Waals surface area contributed by atoms with Crippen LogP contribution < -0.4 is 15.4 Å². The van der Waals surface area contributed by atoms with Gasteiger partial charge in [0.15, 0.2) is 0 Å². The molecule has 2 heterocycles. The van der Waals surface area contributed by atoms with Gasteiger partial charge < -0.3 is 20.3 Å². The van der Waals surface area contributed by atoms with Crippen molar-refractivity contribution in [1.29, 1.82) is 0 Å². The first-order valence-electron chi connectivity index (χ1n) is 8.15. The topological polar surface area (TPSA) is 70.7 Å². The number of hydrogen-bond donors (Lipinski definition) is 2. The summed E-state index contributed by atoms with van der Waals surface area (Å²) >= 11 is 1.30. The molecule has 1 aliphatic rings. The zero-order chi connectivity index (χ0) is 17.8. The molecule has 0 aliphatic carbocycles. The van der Waals surface area contributed by atoms with Gasteiger partial charge in [-0.1, -0.05) is 0 Å². The summed E-state index contributed by atoms with van der Waals surface area (Å²) in [5.41, 5.74) is 0.540. The number of benzene rings is 1. The van der Waals surface area contributed by atoms with Crippen LogP contribution in [0.1, 0.15) is 27.0 Å². The van der Waals surface area contributed by atoms with E-state index in [1.807, 2.05) is 11.8 Å². The fraction of sp³-hybridized carbons (Fsp3) is 0.333. The van der Waals surface area contributed by atoms with E-state index in [-0.39, 0.29) is 17.9 Å². The number of ether oxygens (including phenoxy) is 1. The minimum absolute atomic E-state index is 0.0175. The smallest absolute Gasteiger partial charge is 0.264 e. The van der Waals surface area contributed by atoms with E-state index in [2.05, 4.69) is 10.6 Å². The molecule has 0 radical (unpaired) electrons. The predicted octanol–water partition coefficient (Wildman–Crippen LogP) is 2.44. The van der Waals surface area contributed by atoms with Gasteiger partial charge in [0.1, 0.15) is 5.75 Å². The van der Waals surface area contributed by atoms with Crippen LogP contribution in [0.15, 0.2) is 36.4 Å². The van der Waals surface area contributed by atoms with E-state index in [1.54, 1.807) is 43.5 Å². The van der Waals surface area contributed by atoms with Gasteiger partial charge in [-0.2, -0.15) is 0 Å². The van der Waals surface area contributed by atoms with Gasteiger partial charge in [0.2, 0.25) is 0 Å². The maximum Gasteiger partial charge on any atom is 0.264 e. The van der Waals surface area contributed by atoms with Crippen molar-refractivity contribution in [3.8, 4) is 5.75 Å². The minimum atomic E-state index is -0.209. The van der Waals surface area contributed by atoms with Crippen LogP contribution in [-0.2, 0) is 0 Å². The van der Waals surface area contributed by atoms with Crippen molar-refractivity contribution in [3.05, 3.63) is 46.8 Å². The Hall–Kier alpha value is -2.38. The molecule has 132 valence electrons. The van der Waals surface area contributed by atoms with E-state index in [1.165, 1.54) is 11.3 Å². The molecule has 0 saturated carbocycles. The monoisotopic (exact) mass is 359 g/mol. The third-order valence-corrected chi connectivity index (χ3v) is 5.16. The Labute approximate surface area is 150 Å². The number of rotatable bonds is 4. The molecule has 6 nitrogen and oxygen atoms in total. The fourth-order valence-corrected chi connectivity index (χ4v) is 3.59. The Bertz CT molecular complexity index is 757. The molecule has 0 bridgehead atoms. The van der Waals surface area contributed by atoms with Crippen LogP contribution in [0.25, 0.3) is 0 Å². The molecular weight excluding hydrogens is 338 g/mol. The molecule has 1 atom stereocenters. The molecule has 1 saturated heterocycles. The van der Waals surface area contributed by atoms with Crippen LogP contribution in [0, 0.1) is 0 Å². The van der Waals surface area contributed by atoms with E-state index in [9.17, 15) is 9.59 Å². The lowest BCUT2D eigenvalue weighted by molar-refractivity contribution is 0.0660. The third-order valence-electron chi connectivity index (χ3n) is 4.17. The Morgan fingerprint density at radius 1 is 1.24 bits per heavy atom. The van der Waals surface area contributed by atoms with Crippen molar-refractivity contribution in [2.75, 3.05) is 32.1 Å². The van der Waals surface area contributed by atoms with E-state index in [0.29, 0.717) is 27.7 Å². The molecule has 0 spiro atoms. The molecule has 7 heteroatoms.